The molecule has 0 fully saturated rings. The van der Waals surface area contributed by atoms with Crippen molar-refractivity contribution in [1.82, 2.24) is 9.97 Å². The van der Waals surface area contributed by atoms with E-state index in [9.17, 15) is 5.11 Å². The summed E-state index contributed by atoms with van der Waals surface area (Å²) in [6, 6.07) is 1.72. The van der Waals surface area contributed by atoms with Crippen molar-refractivity contribution in [3.8, 4) is 5.88 Å². The van der Waals surface area contributed by atoms with Gasteiger partial charge < -0.3 is 9.84 Å². The van der Waals surface area contributed by atoms with Crippen molar-refractivity contribution in [2.45, 2.75) is 19.4 Å². The van der Waals surface area contributed by atoms with Crippen LogP contribution in [0.3, 0.4) is 0 Å². The third kappa shape index (κ3) is 2.18. The Kier molecular flexibility index (Phi) is 3.45. The standard InChI is InChI=1S/C12H13ClN2O2/c1-3-10(16)8-5-15-12(17-2)9-6-14-11(13)4-7(8)9/h4-6,10,16H,3H2,1-2H3. The molecular formula is C12H13ClN2O2. The van der Waals surface area contributed by atoms with E-state index in [1.807, 2.05) is 6.92 Å². The fourth-order valence-electron chi connectivity index (χ4n) is 1.75. The molecule has 2 aromatic rings. The lowest BCUT2D eigenvalue weighted by Crippen LogP contribution is -2.00. The molecule has 4 nitrogen and oxygen atoms in total. The van der Waals surface area contributed by atoms with Gasteiger partial charge in [0.25, 0.3) is 0 Å². The molecule has 1 atom stereocenters. The predicted molar refractivity (Wildman–Crippen MR) is 66.4 cm³/mol. The number of methoxy groups -OCH3 is 1. The fraction of sp³-hybridized carbons (Fsp3) is 0.333. The van der Waals surface area contributed by atoms with Crippen molar-refractivity contribution in [3.63, 3.8) is 0 Å². The van der Waals surface area contributed by atoms with Gasteiger partial charge >= 0.3 is 0 Å². The highest BCUT2D eigenvalue weighted by molar-refractivity contribution is 6.30. The molecule has 0 spiro atoms. The van der Waals surface area contributed by atoms with Crippen LogP contribution in [0.2, 0.25) is 5.15 Å². The lowest BCUT2D eigenvalue weighted by molar-refractivity contribution is 0.174. The third-order valence-electron chi connectivity index (χ3n) is 2.67. The predicted octanol–water partition coefficient (Wildman–Crippen LogP) is 2.74. The summed E-state index contributed by atoms with van der Waals surface area (Å²) in [5, 5.41) is 11.9. The van der Waals surface area contributed by atoms with E-state index in [0.29, 0.717) is 17.5 Å². The van der Waals surface area contributed by atoms with Crippen molar-refractivity contribution in [2.24, 2.45) is 0 Å². The monoisotopic (exact) mass is 252 g/mol. The number of fused-ring (bicyclic) bond motifs is 1. The van der Waals surface area contributed by atoms with Crippen molar-refractivity contribution < 1.29 is 9.84 Å². The summed E-state index contributed by atoms with van der Waals surface area (Å²) in [6.07, 6.45) is 3.28. The van der Waals surface area contributed by atoms with Gasteiger partial charge in [0.05, 0.1) is 18.6 Å². The maximum Gasteiger partial charge on any atom is 0.222 e. The summed E-state index contributed by atoms with van der Waals surface area (Å²) in [5.41, 5.74) is 0.743. The summed E-state index contributed by atoms with van der Waals surface area (Å²) in [5.74, 6) is 0.483. The highest BCUT2D eigenvalue weighted by atomic mass is 35.5. The molecule has 1 unspecified atom stereocenters. The highest BCUT2D eigenvalue weighted by Gasteiger charge is 2.14. The molecule has 0 amide bonds. The number of ether oxygens (including phenoxy) is 1. The van der Waals surface area contributed by atoms with Crippen LogP contribution in [-0.2, 0) is 0 Å². The molecule has 0 aliphatic heterocycles. The minimum absolute atomic E-state index is 0.385. The molecule has 0 saturated carbocycles. The summed E-state index contributed by atoms with van der Waals surface area (Å²) in [4.78, 5) is 8.16. The van der Waals surface area contributed by atoms with Crippen LogP contribution in [0, 0.1) is 0 Å². The number of aliphatic hydroxyl groups is 1. The zero-order valence-electron chi connectivity index (χ0n) is 9.64. The SMILES string of the molecule is CCC(O)c1cnc(OC)c2cnc(Cl)cc12. The third-order valence-corrected chi connectivity index (χ3v) is 2.88. The van der Waals surface area contributed by atoms with Gasteiger partial charge in [0.15, 0.2) is 0 Å². The lowest BCUT2D eigenvalue weighted by Gasteiger charge is -2.13. The first-order valence-electron chi connectivity index (χ1n) is 5.33. The average molecular weight is 253 g/mol. The van der Waals surface area contributed by atoms with E-state index in [1.54, 1.807) is 25.6 Å². The summed E-state index contributed by atoms with van der Waals surface area (Å²) in [6.45, 7) is 1.91. The van der Waals surface area contributed by atoms with Crippen LogP contribution in [0.5, 0.6) is 5.88 Å². The largest absolute Gasteiger partial charge is 0.481 e. The highest BCUT2D eigenvalue weighted by Crippen LogP contribution is 2.31. The van der Waals surface area contributed by atoms with E-state index in [0.717, 1.165) is 16.3 Å². The molecule has 2 heterocycles. The van der Waals surface area contributed by atoms with Gasteiger partial charge in [-0.05, 0) is 17.9 Å². The number of aromatic nitrogens is 2. The molecule has 17 heavy (non-hydrogen) atoms. The van der Waals surface area contributed by atoms with E-state index in [4.69, 9.17) is 16.3 Å². The number of halogens is 1. The van der Waals surface area contributed by atoms with Crippen LogP contribution in [0.4, 0.5) is 0 Å². The van der Waals surface area contributed by atoms with Gasteiger partial charge in [-0.1, -0.05) is 18.5 Å². The van der Waals surface area contributed by atoms with Crippen LogP contribution >= 0.6 is 11.6 Å². The van der Waals surface area contributed by atoms with Crippen LogP contribution in [0.15, 0.2) is 18.5 Å². The van der Waals surface area contributed by atoms with E-state index >= 15 is 0 Å². The molecule has 0 bridgehead atoms. The van der Waals surface area contributed by atoms with Gasteiger partial charge in [0.1, 0.15) is 5.15 Å². The molecule has 0 aliphatic rings. The van der Waals surface area contributed by atoms with Crippen LogP contribution < -0.4 is 4.74 Å². The summed E-state index contributed by atoms with van der Waals surface area (Å²) in [7, 11) is 1.55. The Balaban J connectivity index is 2.74. The van der Waals surface area contributed by atoms with E-state index in [1.165, 1.54) is 0 Å². The Bertz CT molecular complexity index is 545. The number of nitrogens with zero attached hydrogens (tertiary/aromatic N) is 2. The summed E-state index contributed by atoms with van der Waals surface area (Å²) >= 11 is 5.88. The minimum Gasteiger partial charge on any atom is -0.481 e. The van der Waals surface area contributed by atoms with Gasteiger partial charge in [0, 0.05) is 18.0 Å². The number of aliphatic hydroxyl groups excluding tert-OH is 1. The first kappa shape index (κ1) is 12.1. The van der Waals surface area contributed by atoms with Crippen molar-refractivity contribution >= 4 is 22.4 Å². The molecule has 1 N–H and O–H groups in total. The number of rotatable bonds is 3. The van der Waals surface area contributed by atoms with Crippen molar-refractivity contribution in [2.75, 3.05) is 7.11 Å². The van der Waals surface area contributed by atoms with Crippen LogP contribution in [0.25, 0.3) is 10.8 Å². The summed E-state index contributed by atoms with van der Waals surface area (Å²) < 4.78 is 5.16. The zero-order chi connectivity index (χ0) is 12.4. The van der Waals surface area contributed by atoms with Gasteiger partial charge in [0.2, 0.25) is 5.88 Å². The van der Waals surface area contributed by atoms with Crippen molar-refractivity contribution in [3.05, 3.63) is 29.2 Å². The second-order valence-corrected chi connectivity index (χ2v) is 4.09. The van der Waals surface area contributed by atoms with E-state index in [-0.39, 0.29) is 0 Å². The molecule has 90 valence electrons. The molecular weight excluding hydrogens is 240 g/mol. The minimum atomic E-state index is -0.561. The van der Waals surface area contributed by atoms with Crippen molar-refractivity contribution in [1.29, 1.82) is 0 Å². The molecule has 2 rings (SSSR count). The molecule has 5 heteroatoms. The Morgan fingerprint density at radius 2 is 2.12 bits per heavy atom. The Morgan fingerprint density at radius 3 is 2.76 bits per heavy atom. The quantitative estimate of drug-likeness (QED) is 0.854. The maximum absolute atomic E-state index is 9.94. The van der Waals surface area contributed by atoms with Gasteiger partial charge in [-0.25, -0.2) is 9.97 Å². The number of hydrogen-bond donors (Lipinski definition) is 1. The fourth-order valence-corrected chi connectivity index (χ4v) is 1.91. The van der Waals surface area contributed by atoms with E-state index in [2.05, 4.69) is 9.97 Å². The smallest absolute Gasteiger partial charge is 0.222 e. The van der Waals surface area contributed by atoms with Crippen LogP contribution in [0.1, 0.15) is 25.0 Å². The number of hydrogen-bond acceptors (Lipinski definition) is 4. The maximum atomic E-state index is 9.94. The normalized spacial score (nSPS) is 12.7. The molecule has 0 radical (unpaired) electrons. The second kappa shape index (κ2) is 4.85. The second-order valence-electron chi connectivity index (χ2n) is 3.70. The first-order valence-corrected chi connectivity index (χ1v) is 5.71. The Hall–Kier alpha value is -1.39. The van der Waals surface area contributed by atoms with Gasteiger partial charge in [-0.3, -0.25) is 0 Å². The molecule has 0 aromatic carbocycles. The van der Waals surface area contributed by atoms with Crippen LogP contribution in [-0.4, -0.2) is 22.2 Å². The molecule has 0 aliphatic carbocycles. The van der Waals surface area contributed by atoms with Gasteiger partial charge in [-0.2, -0.15) is 0 Å². The van der Waals surface area contributed by atoms with E-state index < -0.39 is 6.10 Å². The Labute approximate surface area is 104 Å². The topological polar surface area (TPSA) is 55.2 Å². The molecule has 0 saturated heterocycles. The first-order chi connectivity index (χ1) is 8.17. The lowest BCUT2D eigenvalue weighted by atomic mass is 10.0. The zero-order valence-corrected chi connectivity index (χ0v) is 10.4. The average Bonchev–Trinajstić information content (AvgIpc) is 2.36. The molecule has 2 aromatic heterocycles. The van der Waals surface area contributed by atoms with Gasteiger partial charge in [-0.15, -0.1) is 0 Å². The number of pyridine rings is 2. The Morgan fingerprint density at radius 1 is 1.35 bits per heavy atom.